The highest BCUT2D eigenvalue weighted by Gasteiger charge is 2.28. The van der Waals surface area contributed by atoms with E-state index in [9.17, 15) is 4.39 Å². The number of hydrogen-bond acceptors (Lipinski definition) is 3. The largest absolute Gasteiger partial charge is 0.311 e. The van der Waals surface area contributed by atoms with Crippen molar-refractivity contribution < 1.29 is 4.39 Å². The molecule has 1 aliphatic heterocycles. The highest BCUT2D eigenvalue weighted by atomic mass is 19.1. The quantitative estimate of drug-likeness (QED) is 0.898. The molecule has 2 rings (SSSR count). The second kappa shape index (κ2) is 7.14. The van der Waals surface area contributed by atoms with Crippen LogP contribution in [-0.2, 0) is 6.54 Å². The number of pyridine rings is 1. The maximum Gasteiger partial charge on any atom is 0.141 e. The summed E-state index contributed by atoms with van der Waals surface area (Å²) in [6.07, 6.45) is 5.40. The third-order valence-corrected chi connectivity index (χ3v) is 4.14. The average Bonchev–Trinajstić information content (AvgIpc) is 2.41. The fourth-order valence-corrected chi connectivity index (χ4v) is 2.92. The maximum atomic E-state index is 13.3. The minimum absolute atomic E-state index is 0.245. The topological polar surface area (TPSA) is 28.2 Å². The van der Waals surface area contributed by atoms with Crippen LogP contribution in [0.25, 0.3) is 0 Å². The molecular formula is C16H26FN3. The van der Waals surface area contributed by atoms with Crippen molar-refractivity contribution in [1.29, 1.82) is 0 Å². The maximum absolute atomic E-state index is 13.3. The molecule has 0 aliphatic carbocycles. The van der Waals surface area contributed by atoms with E-state index in [1.54, 1.807) is 12.3 Å². The molecule has 0 aromatic carbocycles. The van der Waals surface area contributed by atoms with Gasteiger partial charge >= 0.3 is 0 Å². The van der Waals surface area contributed by atoms with E-state index in [1.807, 2.05) is 0 Å². The highest BCUT2D eigenvalue weighted by Crippen LogP contribution is 2.19. The summed E-state index contributed by atoms with van der Waals surface area (Å²) in [5.74, 6) is 0.371. The Labute approximate surface area is 121 Å². The fraction of sp³-hybridized carbons (Fsp3) is 0.688. The molecule has 0 radical (unpaired) electrons. The lowest BCUT2D eigenvalue weighted by molar-refractivity contribution is 0.0995. The van der Waals surface area contributed by atoms with Gasteiger partial charge in [0.2, 0.25) is 0 Å². The van der Waals surface area contributed by atoms with Crippen molar-refractivity contribution in [2.24, 2.45) is 5.92 Å². The molecule has 1 aliphatic rings. The molecular weight excluding hydrogens is 253 g/mol. The molecule has 2 atom stereocenters. The molecule has 2 heterocycles. The zero-order valence-electron chi connectivity index (χ0n) is 12.8. The van der Waals surface area contributed by atoms with Gasteiger partial charge < -0.3 is 5.32 Å². The Morgan fingerprint density at radius 1 is 1.45 bits per heavy atom. The summed E-state index contributed by atoms with van der Waals surface area (Å²) in [5.41, 5.74) is 0.968. The Kier molecular flexibility index (Phi) is 5.49. The molecule has 1 fully saturated rings. The first-order valence-corrected chi connectivity index (χ1v) is 7.67. The van der Waals surface area contributed by atoms with Crippen LogP contribution in [0, 0.1) is 11.7 Å². The Bertz CT molecular complexity index is 422. The lowest BCUT2D eigenvalue weighted by atomic mass is 9.97. The van der Waals surface area contributed by atoms with E-state index in [1.165, 1.54) is 19.0 Å². The number of rotatable bonds is 5. The fourth-order valence-electron chi connectivity index (χ4n) is 2.92. The van der Waals surface area contributed by atoms with Gasteiger partial charge in [-0.3, -0.25) is 9.88 Å². The SMILES string of the molecule is CCCC1CNC(C(C)C)CN1Cc1cncc(F)c1. The van der Waals surface area contributed by atoms with Crippen LogP contribution in [-0.4, -0.2) is 35.1 Å². The van der Waals surface area contributed by atoms with Crippen molar-refractivity contribution in [2.45, 2.75) is 52.2 Å². The highest BCUT2D eigenvalue weighted by molar-refractivity contribution is 5.10. The second-order valence-electron chi connectivity index (χ2n) is 6.14. The number of halogens is 1. The molecule has 1 aromatic heterocycles. The van der Waals surface area contributed by atoms with Crippen LogP contribution in [0.4, 0.5) is 4.39 Å². The first-order valence-electron chi connectivity index (χ1n) is 7.67. The predicted octanol–water partition coefficient (Wildman–Crippen LogP) is 2.82. The van der Waals surface area contributed by atoms with Gasteiger partial charge in [-0.15, -0.1) is 0 Å². The lowest BCUT2D eigenvalue weighted by Crippen LogP contribution is -2.57. The van der Waals surface area contributed by atoms with Crippen LogP contribution in [0.3, 0.4) is 0 Å². The van der Waals surface area contributed by atoms with Crippen molar-refractivity contribution in [3.63, 3.8) is 0 Å². The van der Waals surface area contributed by atoms with Gasteiger partial charge in [-0.1, -0.05) is 27.2 Å². The molecule has 112 valence electrons. The van der Waals surface area contributed by atoms with Gasteiger partial charge in [0.1, 0.15) is 5.82 Å². The van der Waals surface area contributed by atoms with E-state index in [0.717, 1.165) is 25.2 Å². The van der Waals surface area contributed by atoms with E-state index < -0.39 is 0 Å². The second-order valence-corrected chi connectivity index (χ2v) is 6.14. The monoisotopic (exact) mass is 279 g/mol. The molecule has 0 saturated carbocycles. The molecule has 20 heavy (non-hydrogen) atoms. The van der Waals surface area contributed by atoms with Gasteiger partial charge in [-0.05, 0) is 24.0 Å². The van der Waals surface area contributed by atoms with Gasteiger partial charge in [-0.25, -0.2) is 4.39 Å². The summed E-state index contributed by atoms with van der Waals surface area (Å²) in [5, 5.41) is 3.65. The average molecular weight is 279 g/mol. The third kappa shape index (κ3) is 4.00. The minimum Gasteiger partial charge on any atom is -0.311 e. The van der Waals surface area contributed by atoms with Gasteiger partial charge in [-0.2, -0.15) is 0 Å². The summed E-state index contributed by atoms with van der Waals surface area (Å²) in [4.78, 5) is 6.44. The molecule has 1 N–H and O–H groups in total. The summed E-state index contributed by atoms with van der Waals surface area (Å²) in [7, 11) is 0. The van der Waals surface area contributed by atoms with Crippen molar-refractivity contribution in [3.05, 3.63) is 29.8 Å². The Hall–Kier alpha value is -1.00. The summed E-state index contributed by atoms with van der Waals surface area (Å²) in [6.45, 7) is 9.56. The molecule has 0 spiro atoms. The van der Waals surface area contributed by atoms with E-state index >= 15 is 0 Å². The van der Waals surface area contributed by atoms with E-state index in [2.05, 4.69) is 36.0 Å². The van der Waals surface area contributed by atoms with Gasteiger partial charge in [0.05, 0.1) is 6.20 Å². The van der Waals surface area contributed by atoms with E-state index in [-0.39, 0.29) is 5.82 Å². The van der Waals surface area contributed by atoms with Crippen LogP contribution < -0.4 is 5.32 Å². The first kappa shape index (κ1) is 15.4. The lowest BCUT2D eigenvalue weighted by Gasteiger charge is -2.42. The number of hydrogen-bond donors (Lipinski definition) is 1. The molecule has 0 bridgehead atoms. The van der Waals surface area contributed by atoms with Crippen LogP contribution in [0.1, 0.15) is 39.2 Å². The third-order valence-electron chi connectivity index (χ3n) is 4.14. The Morgan fingerprint density at radius 2 is 2.25 bits per heavy atom. The van der Waals surface area contributed by atoms with E-state index in [4.69, 9.17) is 0 Å². The summed E-state index contributed by atoms with van der Waals surface area (Å²) in [6, 6.07) is 2.66. The Balaban J connectivity index is 2.06. The van der Waals surface area contributed by atoms with Crippen LogP contribution in [0.2, 0.25) is 0 Å². The minimum atomic E-state index is -0.245. The van der Waals surface area contributed by atoms with Gasteiger partial charge in [0.15, 0.2) is 0 Å². The number of aromatic nitrogens is 1. The zero-order chi connectivity index (χ0) is 14.5. The summed E-state index contributed by atoms with van der Waals surface area (Å²) >= 11 is 0. The zero-order valence-corrected chi connectivity index (χ0v) is 12.8. The van der Waals surface area contributed by atoms with Crippen molar-refractivity contribution in [3.8, 4) is 0 Å². The van der Waals surface area contributed by atoms with Crippen molar-refractivity contribution in [2.75, 3.05) is 13.1 Å². The normalized spacial score (nSPS) is 24.2. The standard InChI is InChI=1S/C16H26FN3/c1-4-5-15-9-19-16(12(2)3)11-20(15)10-13-6-14(17)8-18-7-13/h6-8,12,15-16,19H,4-5,9-11H2,1-3H3. The molecule has 4 heteroatoms. The van der Waals surface area contributed by atoms with Crippen LogP contribution >= 0.6 is 0 Å². The van der Waals surface area contributed by atoms with Gasteiger partial charge in [0.25, 0.3) is 0 Å². The molecule has 3 nitrogen and oxygen atoms in total. The van der Waals surface area contributed by atoms with E-state index in [0.29, 0.717) is 18.0 Å². The van der Waals surface area contributed by atoms with Crippen LogP contribution in [0.5, 0.6) is 0 Å². The number of nitrogens with one attached hydrogen (secondary N) is 1. The number of piperazine rings is 1. The molecule has 2 unspecified atom stereocenters. The first-order chi connectivity index (χ1) is 9.60. The smallest absolute Gasteiger partial charge is 0.141 e. The van der Waals surface area contributed by atoms with Gasteiger partial charge in [0, 0.05) is 37.9 Å². The van der Waals surface area contributed by atoms with Crippen molar-refractivity contribution in [1.82, 2.24) is 15.2 Å². The molecule has 1 saturated heterocycles. The molecule has 0 amide bonds. The Morgan fingerprint density at radius 3 is 2.90 bits per heavy atom. The predicted molar refractivity (Wildman–Crippen MR) is 79.9 cm³/mol. The molecule has 1 aromatic rings. The summed E-state index contributed by atoms with van der Waals surface area (Å²) < 4.78 is 13.3. The van der Waals surface area contributed by atoms with Crippen LogP contribution in [0.15, 0.2) is 18.5 Å². The van der Waals surface area contributed by atoms with Crippen molar-refractivity contribution >= 4 is 0 Å². The number of nitrogens with zero attached hydrogens (tertiary/aromatic N) is 2.